The van der Waals surface area contributed by atoms with Gasteiger partial charge in [0.25, 0.3) is 0 Å². The van der Waals surface area contributed by atoms with Crippen molar-refractivity contribution in [3.05, 3.63) is 28.2 Å². The van der Waals surface area contributed by atoms with Gasteiger partial charge in [0.05, 0.1) is 0 Å². The fourth-order valence-electron chi connectivity index (χ4n) is 1.54. The Morgan fingerprint density at radius 1 is 1.42 bits per heavy atom. The number of nitrogens with one attached hydrogen (secondary N) is 1. The number of carbonyl (C=O) groups is 1. The minimum absolute atomic E-state index is 0.564. The smallest absolute Gasteiger partial charge is 0.344 e. The molecule has 1 atom stereocenters. The highest BCUT2D eigenvalue weighted by molar-refractivity contribution is 9.10. The summed E-state index contributed by atoms with van der Waals surface area (Å²) in [6.45, 7) is 7.35. The summed E-state index contributed by atoms with van der Waals surface area (Å²) in [5.74, 6) is 0.202. The van der Waals surface area contributed by atoms with Crippen molar-refractivity contribution in [2.24, 2.45) is 5.92 Å². The quantitative estimate of drug-likeness (QED) is 0.807. The predicted octanol–water partition coefficient (Wildman–Crippen LogP) is 3.05. The second-order valence-corrected chi connectivity index (χ2v) is 5.79. The molecule has 0 saturated carbocycles. The molecular formula is C14H20BrNO3. The van der Waals surface area contributed by atoms with Gasteiger partial charge in [-0.15, -0.1) is 0 Å². The molecule has 1 rings (SSSR count). The maximum Gasteiger partial charge on any atom is 0.344 e. The molecule has 106 valence electrons. The third-order valence-electron chi connectivity index (χ3n) is 2.54. The first-order valence-electron chi connectivity index (χ1n) is 6.28. The number of carboxylic acids is 1. The lowest BCUT2D eigenvalue weighted by Crippen LogP contribution is -2.24. The summed E-state index contributed by atoms with van der Waals surface area (Å²) in [6.07, 6.45) is -0.856. The average Bonchev–Trinajstić information content (AvgIpc) is 2.31. The Labute approximate surface area is 122 Å². The second kappa shape index (κ2) is 7.50. The topological polar surface area (TPSA) is 58.6 Å². The molecule has 0 aliphatic heterocycles. The van der Waals surface area contributed by atoms with Crippen LogP contribution in [0.5, 0.6) is 5.75 Å². The fraction of sp³-hybridized carbons (Fsp3) is 0.500. The summed E-state index contributed by atoms with van der Waals surface area (Å²) in [5, 5.41) is 12.2. The molecule has 1 aromatic rings. The number of hydrogen-bond donors (Lipinski definition) is 2. The van der Waals surface area contributed by atoms with E-state index in [1.807, 2.05) is 12.1 Å². The average molecular weight is 330 g/mol. The standard InChI is InChI=1S/C14H20BrNO3/c1-9(2)7-16-8-11-6-12(15)4-5-13(11)19-10(3)14(17)18/h4-6,9-10,16H,7-8H2,1-3H3,(H,17,18). The van der Waals surface area contributed by atoms with Crippen molar-refractivity contribution in [2.75, 3.05) is 6.54 Å². The molecule has 0 saturated heterocycles. The van der Waals surface area contributed by atoms with Gasteiger partial charge in [-0.2, -0.15) is 0 Å². The molecule has 0 amide bonds. The maximum atomic E-state index is 10.8. The molecule has 0 aromatic heterocycles. The molecule has 0 aliphatic rings. The van der Waals surface area contributed by atoms with Gasteiger partial charge in [-0.05, 0) is 37.6 Å². The Balaban J connectivity index is 2.76. The summed E-state index contributed by atoms with van der Waals surface area (Å²) >= 11 is 3.41. The van der Waals surface area contributed by atoms with Crippen molar-refractivity contribution in [1.82, 2.24) is 5.32 Å². The largest absolute Gasteiger partial charge is 0.479 e. The Kier molecular flexibility index (Phi) is 6.31. The van der Waals surface area contributed by atoms with Gasteiger partial charge in [0.1, 0.15) is 5.75 Å². The number of aliphatic carboxylic acids is 1. The normalized spacial score (nSPS) is 12.5. The van der Waals surface area contributed by atoms with Gasteiger partial charge in [-0.1, -0.05) is 29.8 Å². The summed E-state index contributed by atoms with van der Waals surface area (Å²) in [5.41, 5.74) is 0.947. The first-order chi connectivity index (χ1) is 8.90. The van der Waals surface area contributed by atoms with Crippen molar-refractivity contribution in [3.8, 4) is 5.75 Å². The Morgan fingerprint density at radius 3 is 2.68 bits per heavy atom. The molecule has 19 heavy (non-hydrogen) atoms. The molecule has 0 spiro atoms. The number of hydrogen-bond acceptors (Lipinski definition) is 3. The van der Waals surface area contributed by atoms with Crippen LogP contribution in [0.15, 0.2) is 22.7 Å². The van der Waals surface area contributed by atoms with Gasteiger partial charge in [-0.25, -0.2) is 4.79 Å². The molecular weight excluding hydrogens is 310 g/mol. The predicted molar refractivity (Wildman–Crippen MR) is 78.4 cm³/mol. The first-order valence-corrected chi connectivity index (χ1v) is 7.08. The molecule has 0 aliphatic carbocycles. The van der Waals surface area contributed by atoms with Crippen LogP contribution in [0.3, 0.4) is 0 Å². The van der Waals surface area contributed by atoms with Crippen molar-refractivity contribution < 1.29 is 14.6 Å². The van der Waals surface area contributed by atoms with Crippen LogP contribution in [-0.4, -0.2) is 23.7 Å². The number of halogens is 1. The number of carboxylic acid groups (broad SMARTS) is 1. The monoisotopic (exact) mass is 329 g/mol. The van der Waals surface area contributed by atoms with Crippen LogP contribution in [0.1, 0.15) is 26.3 Å². The molecule has 0 bridgehead atoms. The minimum Gasteiger partial charge on any atom is -0.479 e. The number of benzene rings is 1. The van der Waals surface area contributed by atoms with E-state index in [1.54, 1.807) is 6.07 Å². The van der Waals surface area contributed by atoms with Gasteiger partial charge in [0, 0.05) is 16.6 Å². The minimum atomic E-state index is -0.969. The van der Waals surface area contributed by atoms with Crippen molar-refractivity contribution in [3.63, 3.8) is 0 Å². The first kappa shape index (κ1) is 16.0. The highest BCUT2D eigenvalue weighted by Crippen LogP contribution is 2.24. The zero-order valence-electron chi connectivity index (χ0n) is 11.4. The lowest BCUT2D eigenvalue weighted by molar-refractivity contribution is -0.144. The maximum absolute atomic E-state index is 10.8. The van der Waals surface area contributed by atoms with Crippen LogP contribution in [0.25, 0.3) is 0 Å². The summed E-state index contributed by atoms with van der Waals surface area (Å²) in [6, 6.07) is 5.57. The molecule has 2 N–H and O–H groups in total. The van der Waals surface area contributed by atoms with E-state index in [2.05, 4.69) is 35.1 Å². The lowest BCUT2D eigenvalue weighted by atomic mass is 10.1. The number of rotatable bonds is 7. The van der Waals surface area contributed by atoms with Gasteiger partial charge < -0.3 is 15.2 Å². The molecule has 4 nitrogen and oxygen atoms in total. The molecule has 5 heteroatoms. The summed E-state index contributed by atoms with van der Waals surface area (Å²) in [7, 11) is 0. The Hall–Kier alpha value is -1.07. The summed E-state index contributed by atoms with van der Waals surface area (Å²) in [4.78, 5) is 10.8. The summed E-state index contributed by atoms with van der Waals surface area (Å²) < 4.78 is 6.41. The molecule has 0 fully saturated rings. The highest BCUT2D eigenvalue weighted by Gasteiger charge is 2.14. The highest BCUT2D eigenvalue weighted by atomic mass is 79.9. The van der Waals surface area contributed by atoms with E-state index in [1.165, 1.54) is 6.92 Å². The van der Waals surface area contributed by atoms with Crippen molar-refractivity contribution in [2.45, 2.75) is 33.4 Å². The van der Waals surface area contributed by atoms with Gasteiger partial charge in [0.2, 0.25) is 0 Å². The molecule has 0 heterocycles. The third kappa shape index (κ3) is 5.61. The van der Waals surface area contributed by atoms with Crippen molar-refractivity contribution >= 4 is 21.9 Å². The fourth-order valence-corrected chi connectivity index (χ4v) is 1.95. The van der Waals surface area contributed by atoms with Gasteiger partial charge in [0.15, 0.2) is 6.10 Å². The molecule has 1 unspecified atom stereocenters. The zero-order chi connectivity index (χ0) is 14.4. The van der Waals surface area contributed by atoms with E-state index in [0.717, 1.165) is 16.6 Å². The van der Waals surface area contributed by atoms with Crippen LogP contribution in [-0.2, 0) is 11.3 Å². The van der Waals surface area contributed by atoms with Crippen LogP contribution in [0.2, 0.25) is 0 Å². The van der Waals surface area contributed by atoms with E-state index in [-0.39, 0.29) is 0 Å². The van der Waals surface area contributed by atoms with Gasteiger partial charge >= 0.3 is 5.97 Å². The Bertz CT molecular complexity index is 435. The van der Waals surface area contributed by atoms with E-state index in [9.17, 15) is 4.79 Å². The lowest BCUT2D eigenvalue weighted by Gasteiger charge is -2.16. The zero-order valence-corrected chi connectivity index (χ0v) is 13.0. The van der Waals surface area contributed by atoms with Gasteiger partial charge in [-0.3, -0.25) is 0 Å². The number of ether oxygens (including phenoxy) is 1. The van der Waals surface area contributed by atoms with Crippen molar-refractivity contribution in [1.29, 1.82) is 0 Å². The third-order valence-corrected chi connectivity index (χ3v) is 3.04. The SMILES string of the molecule is CC(C)CNCc1cc(Br)ccc1OC(C)C(=O)O. The van der Waals surface area contributed by atoms with E-state index in [4.69, 9.17) is 9.84 Å². The van der Waals surface area contributed by atoms with E-state index < -0.39 is 12.1 Å². The van der Waals surface area contributed by atoms with E-state index in [0.29, 0.717) is 18.2 Å². The van der Waals surface area contributed by atoms with Crippen LogP contribution in [0.4, 0.5) is 0 Å². The molecule has 1 aromatic carbocycles. The van der Waals surface area contributed by atoms with Crippen LogP contribution >= 0.6 is 15.9 Å². The van der Waals surface area contributed by atoms with E-state index >= 15 is 0 Å². The Morgan fingerprint density at radius 2 is 2.11 bits per heavy atom. The molecule has 0 radical (unpaired) electrons. The van der Waals surface area contributed by atoms with Crippen LogP contribution < -0.4 is 10.1 Å². The van der Waals surface area contributed by atoms with Crippen LogP contribution in [0, 0.1) is 5.92 Å². The second-order valence-electron chi connectivity index (χ2n) is 4.88.